The van der Waals surface area contributed by atoms with Gasteiger partial charge in [0, 0.05) is 11.8 Å². The van der Waals surface area contributed by atoms with Crippen LogP contribution in [0.4, 0.5) is 5.69 Å². The van der Waals surface area contributed by atoms with Crippen molar-refractivity contribution in [2.24, 2.45) is 0 Å². The summed E-state index contributed by atoms with van der Waals surface area (Å²) in [5, 5.41) is 15.4. The van der Waals surface area contributed by atoms with Gasteiger partial charge in [-0.3, -0.25) is 4.79 Å². The highest BCUT2D eigenvalue weighted by Gasteiger charge is 2.34. The van der Waals surface area contributed by atoms with Gasteiger partial charge in [0.05, 0.1) is 5.54 Å². The summed E-state index contributed by atoms with van der Waals surface area (Å²) in [6, 6.07) is 6.60. The molecule has 1 aromatic rings. The lowest BCUT2D eigenvalue weighted by molar-refractivity contribution is -0.122. The Balaban J connectivity index is 2.05. The molecule has 0 aliphatic carbocycles. The molecule has 0 spiro atoms. The average molecular weight is 234 g/mol. The van der Waals surface area contributed by atoms with E-state index in [9.17, 15) is 9.90 Å². The summed E-state index contributed by atoms with van der Waals surface area (Å²) in [5.74, 6) is 0.118. The maximum Gasteiger partial charge on any atom is 0.244 e. The number of amides is 1. The summed E-state index contributed by atoms with van der Waals surface area (Å²) in [6.07, 6.45) is 3.03. The van der Waals surface area contributed by atoms with Crippen LogP contribution < -0.4 is 10.6 Å². The van der Waals surface area contributed by atoms with Gasteiger partial charge in [-0.2, -0.15) is 0 Å². The summed E-state index contributed by atoms with van der Waals surface area (Å²) in [4.78, 5) is 12.1. The summed E-state index contributed by atoms with van der Waals surface area (Å²) in [5.41, 5.74) is 0.132. The van der Waals surface area contributed by atoms with Crippen LogP contribution in [0.2, 0.25) is 0 Å². The summed E-state index contributed by atoms with van der Waals surface area (Å²) < 4.78 is 0. The van der Waals surface area contributed by atoms with Crippen molar-refractivity contribution in [1.82, 2.24) is 5.32 Å². The lowest BCUT2D eigenvalue weighted by atomic mass is 9.90. The molecule has 0 bridgehead atoms. The van der Waals surface area contributed by atoms with Crippen molar-refractivity contribution in [3.63, 3.8) is 0 Å². The van der Waals surface area contributed by atoms with Crippen LogP contribution in [0.25, 0.3) is 0 Å². The lowest BCUT2D eigenvalue weighted by Gasteiger charge is -2.33. The Bertz CT molecular complexity index is 412. The first-order valence-electron chi connectivity index (χ1n) is 5.96. The standard InChI is InChI=1S/C13H18N2O2/c1-13(7-2-3-8-14-13)12(17)15-10-5-4-6-11(16)9-10/h4-6,9,14,16H,2-3,7-8H2,1H3,(H,15,17). The molecule has 3 N–H and O–H groups in total. The summed E-state index contributed by atoms with van der Waals surface area (Å²) in [6.45, 7) is 2.80. The zero-order valence-corrected chi connectivity index (χ0v) is 9.99. The smallest absolute Gasteiger partial charge is 0.244 e. The maximum atomic E-state index is 12.1. The second-order valence-electron chi connectivity index (χ2n) is 4.72. The van der Waals surface area contributed by atoms with Crippen LogP contribution >= 0.6 is 0 Å². The molecule has 0 radical (unpaired) electrons. The van der Waals surface area contributed by atoms with Crippen molar-refractivity contribution in [3.05, 3.63) is 24.3 Å². The second kappa shape index (κ2) is 4.75. The predicted molar refractivity (Wildman–Crippen MR) is 67.0 cm³/mol. The molecule has 2 rings (SSSR count). The van der Waals surface area contributed by atoms with Gasteiger partial charge in [-0.25, -0.2) is 0 Å². The minimum absolute atomic E-state index is 0.0391. The van der Waals surface area contributed by atoms with Crippen molar-refractivity contribution in [2.45, 2.75) is 31.7 Å². The van der Waals surface area contributed by atoms with Gasteiger partial charge in [-0.1, -0.05) is 6.07 Å². The molecular formula is C13H18N2O2. The number of hydrogen-bond donors (Lipinski definition) is 3. The molecule has 92 valence electrons. The van der Waals surface area contributed by atoms with Gasteiger partial charge in [0.25, 0.3) is 0 Å². The molecular weight excluding hydrogens is 216 g/mol. The minimum atomic E-state index is -0.496. The molecule has 1 aliphatic rings. The lowest BCUT2D eigenvalue weighted by Crippen LogP contribution is -2.54. The third-order valence-corrected chi connectivity index (χ3v) is 3.22. The van der Waals surface area contributed by atoms with E-state index in [1.807, 2.05) is 6.92 Å². The number of phenols is 1. The number of phenolic OH excluding ortho intramolecular Hbond substituents is 1. The Kier molecular flexibility index (Phi) is 3.33. The number of aromatic hydroxyl groups is 1. The van der Waals surface area contributed by atoms with Crippen molar-refractivity contribution < 1.29 is 9.90 Å². The topological polar surface area (TPSA) is 61.4 Å². The van der Waals surface area contributed by atoms with E-state index >= 15 is 0 Å². The number of piperidine rings is 1. The minimum Gasteiger partial charge on any atom is -0.508 e. The van der Waals surface area contributed by atoms with Gasteiger partial charge in [0.15, 0.2) is 0 Å². The van der Waals surface area contributed by atoms with E-state index in [4.69, 9.17) is 0 Å². The highest BCUT2D eigenvalue weighted by Crippen LogP contribution is 2.22. The van der Waals surface area contributed by atoms with Gasteiger partial charge in [-0.15, -0.1) is 0 Å². The van der Waals surface area contributed by atoms with E-state index in [1.165, 1.54) is 0 Å². The Labute approximate surface area is 101 Å². The number of anilines is 1. The largest absolute Gasteiger partial charge is 0.508 e. The molecule has 1 unspecified atom stereocenters. The van der Waals surface area contributed by atoms with Crippen LogP contribution in [0.15, 0.2) is 24.3 Å². The maximum absolute atomic E-state index is 12.1. The number of hydrogen-bond acceptors (Lipinski definition) is 3. The fraction of sp³-hybridized carbons (Fsp3) is 0.462. The monoisotopic (exact) mass is 234 g/mol. The van der Waals surface area contributed by atoms with Crippen LogP contribution in [0, 0.1) is 0 Å². The number of nitrogens with one attached hydrogen (secondary N) is 2. The number of carbonyl (C=O) groups excluding carboxylic acids is 1. The van der Waals surface area contributed by atoms with Gasteiger partial charge in [0.2, 0.25) is 5.91 Å². The third kappa shape index (κ3) is 2.77. The molecule has 1 aliphatic heterocycles. The molecule has 0 aromatic heterocycles. The molecule has 0 saturated carbocycles. The predicted octanol–water partition coefficient (Wildman–Crippen LogP) is 1.86. The van der Waals surface area contributed by atoms with E-state index in [-0.39, 0.29) is 11.7 Å². The molecule has 1 aromatic carbocycles. The Morgan fingerprint density at radius 2 is 2.29 bits per heavy atom. The zero-order chi connectivity index (χ0) is 12.3. The molecule has 4 nitrogen and oxygen atoms in total. The van der Waals surface area contributed by atoms with E-state index in [0.717, 1.165) is 25.8 Å². The quantitative estimate of drug-likeness (QED) is 0.732. The molecule has 4 heteroatoms. The number of benzene rings is 1. The van der Waals surface area contributed by atoms with E-state index < -0.39 is 5.54 Å². The van der Waals surface area contributed by atoms with Crippen LogP contribution in [0.5, 0.6) is 5.75 Å². The Hall–Kier alpha value is -1.55. The van der Waals surface area contributed by atoms with Gasteiger partial charge in [-0.05, 0) is 44.9 Å². The number of carbonyl (C=O) groups is 1. The van der Waals surface area contributed by atoms with Gasteiger partial charge < -0.3 is 15.7 Å². The number of rotatable bonds is 2. The van der Waals surface area contributed by atoms with Crippen molar-refractivity contribution in [3.8, 4) is 5.75 Å². The molecule has 1 heterocycles. The first-order chi connectivity index (χ1) is 8.10. The van der Waals surface area contributed by atoms with E-state index in [2.05, 4.69) is 10.6 Å². The van der Waals surface area contributed by atoms with Crippen molar-refractivity contribution >= 4 is 11.6 Å². The van der Waals surface area contributed by atoms with Crippen LogP contribution in [-0.2, 0) is 4.79 Å². The Morgan fingerprint density at radius 1 is 1.47 bits per heavy atom. The van der Waals surface area contributed by atoms with Gasteiger partial charge in [0.1, 0.15) is 5.75 Å². The van der Waals surface area contributed by atoms with Gasteiger partial charge >= 0.3 is 0 Å². The summed E-state index contributed by atoms with van der Waals surface area (Å²) in [7, 11) is 0. The molecule has 1 saturated heterocycles. The highest BCUT2D eigenvalue weighted by atomic mass is 16.3. The normalized spacial score (nSPS) is 24.3. The van der Waals surface area contributed by atoms with Crippen molar-refractivity contribution in [2.75, 3.05) is 11.9 Å². The summed E-state index contributed by atoms with van der Waals surface area (Å²) >= 11 is 0. The molecule has 1 atom stereocenters. The molecule has 1 amide bonds. The zero-order valence-electron chi connectivity index (χ0n) is 9.99. The third-order valence-electron chi connectivity index (χ3n) is 3.22. The van der Waals surface area contributed by atoms with Crippen LogP contribution in [0.3, 0.4) is 0 Å². The fourth-order valence-corrected chi connectivity index (χ4v) is 2.10. The SMILES string of the molecule is CC1(C(=O)Nc2cccc(O)c2)CCCCN1. The first-order valence-corrected chi connectivity index (χ1v) is 5.96. The van der Waals surface area contributed by atoms with Crippen molar-refractivity contribution in [1.29, 1.82) is 0 Å². The average Bonchev–Trinajstić information content (AvgIpc) is 2.30. The fourth-order valence-electron chi connectivity index (χ4n) is 2.10. The van der Waals surface area contributed by atoms with Crippen LogP contribution in [0.1, 0.15) is 26.2 Å². The second-order valence-corrected chi connectivity index (χ2v) is 4.72. The molecule has 17 heavy (non-hydrogen) atoms. The van der Waals surface area contributed by atoms with Crippen LogP contribution in [-0.4, -0.2) is 23.1 Å². The molecule has 1 fully saturated rings. The van der Waals surface area contributed by atoms with E-state index in [0.29, 0.717) is 5.69 Å². The van der Waals surface area contributed by atoms with E-state index in [1.54, 1.807) is 24.3 Å². The highest BCUT2D eigenvalue weighted by molar-refractivity contribution is 5.98. The Morgan fingerprint density at radius 3 is 2.94 bits per heavy atom. The first kappa shape index (κ1) is 11.9.